The van der Waals surface area contributed by atoms with Gasteiger partial charge in [0.2, 0.25) is 0 Å². The quantitative estimate of drug-likeness (QED) is 0.688. The van der Waals surface area contributed by atoms with E-state index in [0.717, 1.165) is 18.0 Å². The van der Waals surface area contributed by atoms with Crippen LogP contribution in [-0.4, -0.2) is 12.1 Å². The van der Waals surface area contributed by atoms with Crippen molar-refractivity contribution in [2.45, 2.75) is 98.1 Å². The molecule has 2 bridgehead atoms. The summed E-state index contributed by atoms with van der Waals surface area (Å²) in [5.41, 5.74) is 1.67. The lowest BCUT2D eigenvalue weighted by Gasteiger charge is -2.41. The zero-order valence-corrected chi connectivity index (χ0v) is 14.4. The van der Waals surface area contributed by atoms with E-state index in [1.54, 1.807) is 0 Å². The van der Waals surface area contributed by atoms with Gasteiger partial charge in [-0.2, -0.15) is 0 Å². The minimum absolute atomic E-state index is 0.541. The molecule has 1 heteroatoms. The molecule has 0 aliphatic heterocycles. The molecule has 116 valence electrons. The highest BCUT2D eigenvalue weighted by Gasteiger charge is 2.61. The van der Waals surface area contributed by atoms with Crippen LogP contribution in [0.3, 0.4) is 0 Å². The zero-order valence-electron chi connectivity index (χ0n) is 14.4. The Bertz CT molecular complexity index is 370. The van der Waals surface area contributed by atoms with Gasteiger partial charge in [-0.05, 0) is 67.1 Å². The van der Waals surface area contributed by atoms with Crippen LogP contribution in [0.2, 0.25) is 0 Å². The molecule has 0 heterocycles. The number of hydrogen-bond acceptors (Lipinski definition) is 1. The topological polar surface area (TPSA) is 12.0 Å². The average Bonchev–Trinajstić information content (AvgIpc) is 2.60. The van der Waals surface area contributed by atoms with Crippen molar-refractivity contribution < 1.29 is 0 Å². The molecule has 3 rings (SSSR count). The van der Waals surface area contributed by atoms with Crippen molar-refractivity contribution >= 4 is 0 Å². The Kier molecular flexibility index (Phi) is 3.52. The van der Waals surface area contributed by atoms with Crippen LogP contribution in [0, 0.1) is 22.2 Å². The third-order valence-corrected chi connectivity index (χ3v) is 7.81. The first kappa shape index (κ1) is 14.9. The molecule has 0 radical (unpaired) electrons. The Hall–Kier alpha value is -0.0400. The van der Waals surface area contributed by atoms with Crippen molar-refractivity contribution in [3.63, 3.8) is 0 Å². The van der Waals surface area contributed by atoms with Gasteiger partial charge < -0.3 is 5.32 Å². The molecule has 0 aromatic carbocycles. The Morgan fingerprint density at radius 2 is 1.60 bits per heavy atom. The van der Waals surface area contributed by atoms with Gasteiger partial charge in [-0.3, -0.25) is 0 Å². The van der Waals surface area contributed by atoms with Crippen molar-refractivity contribution in [3.05, 3.63) is 0 Å². The first-order valence-corrected chi connectivity index (χ1v) is 9.01. The lowest BCUT2D eigenvalue weighted by molar-refractivity contribution is 0.113. The highest BCUT2D eigenvalue weighted by atomic mass is 15.0. The fourth-order valence-electron chi connectivity index (χ4n) is 5.57. The molecular weight excluding hydrogens is 242 g/mol. The van der Waals surface area contributed by atoms with Crippen LogP contribution in [0.15, 0.2) is 0 Å². The van der Waals surface area contributed by atoms with Crippen molar-refractivity contribution in [2.24, 2.45) is 22.2 Å². The lowest BCUT2D eigenvalue weighted by Crippen LogP contribution is -2.48. The molecule has 3 fully saturated rings. The number of rotatable bonds is 2. The molecule has 3 aliphatic carbocycles. The van der Waals surface area contributed by atoms with Crippen molar-refractivity contribution in [3.8, 4) is 0 Å². The van der Waals surface area contributed by atoms with E-state index in [-0.39, 0.29) is 0 Å². The summed E-state index contributed by atoms with van der Waals surface area (Å²) >= 11 is 0. The van der Waals surface area contributed by atoms with Crippen LogP contribution in [0.5, 0.6) is 0 Å². The van der Waals surface area contributed by atoms with Gasteiger partial charge >= 0.3 is 0 Å². The average molecular weight is 277 g/mol. The smallest absolute Gasteiger partial charge is 0.0131 e. The van der Waals surface area contributed by atoms with Crippen molar-refractivity contribution in [1.82, 2.24) is 5.32 Å². The second kappa shape index (κ2) is 4.73. The predicted octanol–water partition coefficient (Wildman–Crippen LogP) is 5.15. The standard InChI is InChI=1S/C19H35N/c1-17(2)10-6-7-15(9-11-17)20-16-13-14-8-12-19(16,5)18(14,3)4/h14-16,20H,6-13H2,1-5H3. The molecule has 0 spiro atoms. The first-order valence-electron chi connectivity index (χ1n) is 9.01. The molecule has 1 N–H and O–H groups in total. The molecular formula is C19H35N. The summed E-state index contributed by atoms with van der Waals surface area (Å²) in [4.78, 5) is 0. The molecule has 0 saturated heterocycles. The van der Waals surface area contributed by atoms with E-state index in [2.05, 4.69) is 39.9 Å². The van der Waals surface area contributed by atoms with Crippen LogP contribution in [-0.2, 0) is 0 Å². The van der Waals surface area contributed by atoms with Gasteiger partial charge in [0, 0.05) is 12.1 Å². The second-order valence-electron chi connectivity index (χ2n) is 9.62. The first-order chi connectivity index (χ1) is 9.25. The summed E-state index contributed by atoms with van der Waals surface area (Å²) in [5.74, 6) is 0.965. The Morgan fingerprint density at radius 3 is 2.20 bits per heavy atom. The van der Waals surface area contributed by atoms with Gasteiger partial charge in [-0.1, -0.05) is 41.0 Å². The van der Waals surface area contributed by atoms with E-state index in [1.807, 2.05) is 0 Å². The van der Waals surface area contributed by atoms with E-state index in [1.165, 1.54) is 51.4 Å². The lowest BCUT2D eigenvalue weighted by atomic mass is 9.69. The third kappa shape index (κ3) is 2.25. The predicted molar refractivity (Wildman–Crippen MR) is 86.8 cm³/mol. The van der Waals surface area contributed by atoms with Gasteiger partial charge in [-0.25, -0.2) is 0 Å². The highest BCUT2D eigenvalue weighted by molar-refractivity contribution is 5.13. The van der Waals surface area contributed by atoms with Gasteiger partial charge in [-0.15, -0.1) is 0 Å². The summed E-state index contributed by atoms with van der Waals surface area (Å²) in [6, 6.07) is 1.57. The molecule has 0 aromatic rings. The SMILES string of the molecule is CC1(C)CCCC(NC2CC3CCC2(C)C3(C)C)CC1. The summed E-state index contributed by atoms with van der Waals surface area (Å²) in [6.07, 6.45) is 11.4. The molecule has 4 atom stereocenters. The second-order valence-corrected chi connectivity index (χ2v) is 9.62. The third-order valence-electron chi connectivity index (χ3n) is 7.81. The summed E-state index contributed by atoms with van der Waals surface area (Å²) < 4.78 is 0. The summed E-state index contributed by atoms with van der Waals surface area (Å²) in [5, 5.41) is 4.12. The normalized spacial score (nSPS) is 46.4. The minimum atomic E-state index is 0.541. The molecule has 0 aromatic heterocycles. The Balaban J connectivity index is 1.65. The molecule has 3 aliphatic rings. The van der Waals surface area contributed by atoms with Gasteiger partial charge in [0.05, 0.1) is 0 Å². The van der Waals surface area contributed by atoms with E-state index < -0.39 is 0 Å². The summed E-state index contributed by atoms with van der Waals surface area (Å²) in [6.45, 7) is 12.5. The highest BCUT2D eigenvalue weighted by Crippen LogP contribution is 2.65. The molecule has 1 nitrogen and oxygen atoms in total. The number of fused-ring (bicyclic) bond motifs is 2. The van der Waals surface area contributed by atoms with E-state index >= 15 is 0 Å². The van der Waals surface area contributed by atoms with Gasteiger partial charge in [0.15, 0.2) is 0 Å². The largest absolute Gasteiger partial charge is 0.311 e. The van der Waals surface area contributed by atoms with E-state index in [9.17, 15) is 0 Å². The number of hydrogen-bond donors (Lipinski definition) is 1. The minimum Gasteiger partial charge on any atom is -0.311 e. The van der Waals surface area contributed by atoms with E-state index in [4.69, 9.17) is 0 Å². The van der Waals surface area contributed by atoms with E-state index in [0.29, 0.717) is 16.2 Å². The van der Waals surface area contributed by atoms with Crippen LogP contribution in [0.1, 0.15) is 86.0 Å². The maximum atomic E-state index is 4.12. The van der Waals surface area contributed by atoms with Gasteiger partial charge in [0.1, 0.15) is 0 Å². The van der Waals surface area contributed by atoms with Crippen molar-refractivity contribution in [2.75, 3.05) is 0 Å². The summed E-state index contributed by atoms with van der Waals surface area (Å²) in [7, 11) is 0. The van der Waals surface area contributed by atoms with Crippen LogP contribution in [0.25, 0.3) is 0 Å². The molecule has 0 amide bonds. The maximum absolute atomic E-state index is 4.12. The van der Waals surface area contributed by atoms with Crippen LogP contribution < -0.4 is 5.32 Å². The molecule has 4 unspecified atom stereocenters. The zero-order chi connectivity index (χ0) is 14.6. The molecule has 20 heavy (non-hydrogen) atoms. The monoisotopic (exact) mass is 277 g/mol. The van der Waals surface area contributed by atoms with Crippen molar-refractivity contribution in [1.29, 1.82) is 0 Å². The van der Waals surface area contributed by atoms with Gasteiger partial charge in [0.25, 0.3) is 0 Å². The van der Waals surface area contributed by atoms with Crippen LogP contribution in [0.4, 0.5) is 0 Å². The fraction of sp³-hybridized carbons (Fsp3) is 1.00. The maximum Gasteiger partial charge on any atom is 0.0131 e. The Labute approximate surface area is 126 Å². The van der Waals surface area contributed by atoms with Crippen LogP contribution >= 0.6 is 0 Å². The number of nitrogens with one attached hydrogen (secondary N) is 1. The fourth-order valence-corrected chi connectivity index (χ4v) is 5.57. The Morgan fingerprint density at radius 1 is 0.850 bits per heavy atom. The molecule has 3 saturated carbocycles.